The van der Waals surface area contributed by atoms with Gasteiger partial charge in [0.05, 0.1) is 7.11 Å². The third-order valence-electron chi connectivity index (χ3n) is 5.02. The highest BCUT2D eigenvalue weighted by Crippen LogP contribution is 2.25. The normalized spacial score (nSPS) is 20.3. The van der Waals surface area contributed by atoms with Gasteiger partial charge in [0.25, 0.3) is 0 Å². The first kappa shape index (κ1) is 20.7. The Bertz CT molecular complexity index is 852. The minimum Gasteiger partial charge on any atom is -0.467 e. The summed E-state index contributed by atoms with van der Waals surface area (Å²) in [5.74, 6) is -5.27. The molecule has 0 bridgehead atoms. The molecule has 0 spiro atoms. The molecule has 29 heavy (non-hydrogen) atoms. The van der Waals surface area contributed by atoms with Gasteiger partial charge in [-0.2, -0.15) is 0 Å². The van der Waals surface area contributed by atoms with E-state index in [4.69, 9.17) is 9.47 Å². The highest BCUT2D eigenvalue weighted by molar-refractivity contribution is 5.92. The molecule has 2 saturated heterocycles. The maximum absolute atomic E-state index is 13.7. The fourth-order valence-corrected chi connectivity index (χ4v) is 3.45. The van der Waals surface area contributed by atoms with Crippen molar-refractivity contribution in [2.75, 3.05) is 26.8 Å². The Kier molecular flexibility index (Phi) is 6.09. The van der Waals surface area contributed by atoms with Crippen LogP contribution in [-0.4, -0.2) is 66.7 Å². The molecule has 0 saturated carbocycles. The number of cyclic esters (lactones) is 1. The lowest BCUT2D eigenvalue weighted by molar-refractivity contribution is -0.146. The highest BCUT2D eigenvalue weighted by Gasteiger charge is 2.44. The lowest BCUT2D eigenvalue weighted by atomic mass is 10.0. The van der Waals surface area contributed by atoms with Crippen LogP contribution in [0.1, 0.15) is 18.4 Å². The number of methoxy groups -OCH3 is 1. The molecule has 7 nitrogen and oxygen atoms in total. The molecule has 2 heterocycles. The van der Waals surface area contributed by atoms with E-state index >= 15 is 0 Å². The number of carbonyl (C=O) groups is 3. The third-order valence-corrected chi connectivity index (χ3v) is 5.02. The SMILES string of the molecule is COC(=O)C1COC(=O)N1C1CCN(C(=O)C=Cc2ccc(F)c(F)c2F)CC1. The van der Waals surface area contributed by atoms with Crippen molar-refractivity contribution in [1.29, 1.82) is 0 Å². The fourth-order valence-electron chi connectivity index (χ4n) is 3.45. The van der Waals surface area contributed by atoms with Crippen LogP contribution in [-0.2, 0) is 19.1 Å². The van der Waals surface area contributed by atoms with Crippen LogP contribution in [0.5, 0.6) is 0 Å². The Morgan fingerprint density at radius 2 is 1.86 bits per heavy atom. The minimum absolute atomic E-state index is 0.0762. The molecular weight excluding hydrogens is 393 g/mol. The first-order chi connectivity index (χ1) is 13.8. The molecule has 1 aromatic carbocycles. The van der Waals surface area contributed by atoms with Crippen molar-refractivity contribution in [2.45, 2.75) is 24.9 Å². The average Bonchev–Trinajstić information content (AvgIpc) is 3.12. The first-order valence-electron chi connectivity index (χ1n) is 8.97. The average molecular weight is 412 g/mol. The van der Waals surface area contributed by atoms with Crippen LogP contribution in [0.2, 0.25) is 0 Å². The maximum atomic E-state index is 13.7. The summed E-state index contributed by atoms with van der Waals surface area (Å²) in [7, 11) is 1.23. The van der Waals surface area contributed by atoms with Crippen LogP contribution in [0.3, 0.4) is 0 Å². The molecule has 0 radical (unpaired) electrons. The summed E-state index contributed by atoms with van der Waals surface area (Å²) >= 11 is 0. The van der Waals surface area contributed by atoms with E-state index in [9.17, 15) is 27.6 Å². The van der Waals surface area contributed by atoms with Crippen LogP contribution >= 0.6 is 0 Å². The van der Waals surface area contributed by atoms with Crippen LogP contribution in [0.4, 0.5) is 18.0 Å². The number of ether oxygens (including phenoxy) is 2. The molecule has 1 aromatic rings. The van der Waals surface area contributed by atoms with E-state index in [-0.39, 0.29) is 18.2 Å². The van der Waals surface area contributed by atoms with Gasteiger partial charge in [0.15, 0.2) is 23.5 Å². The summed E-state index contributed by atoms with van der Waals surface area (Å²) in [5, 5.41) is 0. The molecule has 0 N–H and O–H groups in total. The van der Waals surface area contributed by atoms with E-state index in [1.807, 2.05) is 0 Å². The number of likely N-dealkylation sites (tertiary alicyclic amines) is 1. The molecular formula is C19H19F3N2O5. The summed E-state index contributed by atoms with van der Waals surface area (Å²) in [5.41, 5.74) is -0.243. The number of esters is 1. The highest BCUT2D eigenvalue weighted by atomic mass is 19.2. The smallest absolute Gasteiger partial charge is 0.410 e. The number of hydrogen-bond acceptors (Lipinski definition) is 5. The Labute approximate surface area is 164 Å². The van der Waals surface area contributed by atoms with Gasteiger partial charge in [0.2, 0.25) is 5.91 Å². The first-order valence-corrected chi connectivity index (χ1v) is 8.97. The van der Waals surface area contributed by atoms with Crippen LogP contribution in [0.25, 0.3) is 6.08 Å². The summed E-state index contributed by atoms with van der Waals surface area (Å²) in [6, 6.07) is 0.720. The third kappa shape index (κ3) is 4.20. The molecule has 2 amide bonds. The van der Waals surface area contributed by atoms with E-state index < -0.39 is 41.5 Å². The summed E-state index contributed by atoms with van der Waals surface area (Å²) in [6.45, 7) is 0.519. The second-order valence-electron chi connectivity index (χ2n) is 6.68. The van der Waals surface area contributed by atoms with E-state index in [2.05, 4.69) is 0 Å². The largest absolute Gasteiger partial charge is 0.467 e. The number of nitrogens with zero attached hydrogens (tertiary/aromatic N) is 2. The van der Waals surface area contributed by atoms with Crippen LogP contribution in [0.15, 0.2) is 18.2 Å². The number of halogens is 3. The number of piperidine rings is 1. The predicted molar refractivity (Wildman–Crippen MR) is 93.9 cm³/mol. The fraction of sp³-hybridized carbons (Fsp3) is 0.421. The zero-order chi connectivity index (χ0) is 21.1. The summed E-state index contributed by atoms with van der Waals surface area (Å²) in [6.07, 6.45) is 2.40. The molecule has 2 fully saturated rings. The van der Waals surface area contributed by atoms with Crippen molar-refractivity contribution in [2.24, 2.45) is 0 Å². The Morgan fingerprint density at radius 1 is 1.17 bits per heavy atom. The van der Waals surface area contributed by atoms with E-state index in [1.165, 1.54) is 16.9 Å². The summed E-state index contributed by atoms with van der Waals surface area (Å²) < 4.78 is 49.5. The second kappa shape index (κ2) is 8.54. The number of carbonyl (C=O) groups excluding carboxylic acids is 3. The van der Waals surface area contributed by atoms with Crippen molar-refractivity contribution in [1.82, 2.24) is 9.80 Å². The zero-order valence-electron chi connectivity index (χ0n) is 15.6. The van der Waals surface area contributed by atoms with Gasteiger partial charge in [0.1, 0.15) is 6.61 Å². The summed E-state index contributed by atoms with van der Waals surface area (Å²) in [4.78, 5) is 38.9. The number of benzene rings is 1. The topological polar surface area (TPSA) is 76.2 Å². The van der Waals surface area contributed by atoms with Crippen molar-refractivity contribution >= 4 is 24.0 Å². The van der Waals surface area contributed by atoms with Gasteiger partial charge in [0, 0.05) is 30.8 Å². The number of rotatable bonds is 4. The Balaban J connectivity index is 1.60. The lowest BCUT2D eigenvalue weighted by Crippen LogP contribution is -2.51. The van der Waals surface area contributed by atoms with Crippen LogP contribution < -0.4 is 0 Å². The molecule has 1 unspecified atom stereocenters. The molecule has 2 aliphatic rings. The second-order valence-corrected chi connectivity index (χ2v) is 6.68. The van der Waals surface area contributed by atoms with Crippen molar-refractivity contribution in [3.05, 3.63) is 41.2 Å². The van der Waals surface area contributed by atoms with Crippen molar-refractivity contribution in [3.63, 3.8) is 0 Å². The van der Waals surface area contributed by atoms with Gasteiger partial charge >= 0.3 is 12.1 Å². The number of hydrogen-bond donors (Lipinski definition) is 0. The quantitative estimate of drug-likeness (QED) is 0.430. The van der Waals surface area contributed by atoms with Gasteiger partial charge in [-0.25, -0.2) is 22.8 Å². The van der Waals surface area contributed by atoms with Gasteiger partial charge in [-0.15, -0.1) is 0 Å². The van der Waals surface area contributed by atoms with E-state index in [1.54, 1.807) is 0 Å². The van der Waals surface area contributed by atoms with Gasteiger partial charge in [-0.1, -0.05) is 0 Å². The number of amides is 2. The zero-order valence-corrected chi connectivity index (χ0v) is 15.6. The minimum atomic E-state index is -1.60. The lowest BCUT2D eigenvalue weighted by Gasteiger charge is -2.36. The van der Waals surface area contributed by atoms with Crippen LogP contribution in [0, 0.1) is 17.5 Å². The predicted octanol–water partition coefficient (Wildman–Crippen LogP) is 2.10. The van der Waals surface area contributed by atoms with E-state index in [0.717, 1.165) is 24.3 Å². The van der Waals surface area contributed by atoms with Gasteiger partial charge in [-0.05, 0) is 31.1 Å². The Morgan fingerprint density at radius 3 is 2.52 bits per heavy atom. The molecule has 1 atom stereocenters. The molecule has 10 heteroatoms. The molecule has 0 aromatic heterocycles. The van der Waals surface area contributed by atoms with Gasteiger partial charge in [-0.3, -0.25) is 9.69 Å². The molecule has 3 rings (SSSR count). The monoisotopic (exact) mass is 412 g/mol. The van der Waals surface area contributed by atoms with Gasteiger partial charge < -0.3 is 14.4 Å². The standard InChI is InChI=1S/C19H19F3N2O5/c1-28-18(26)14-10-29-19(27)24(14)12-6-8-23(9-7-12)15(25)5-3-11-2-4-13(20)17(22)16(11)21/h2-5,12,14H,6-10H2,1H3. The molecule has 2 aliphatic heterocycles. The molecule has 0 aliphatic carbocycles. The Hall–Kier alpha value is -3.04. The van der Waals surface area contributed by atoms with Crippen molar-refractivity contribution in [3.8, 4) is 0 Å². The van der Waals surface area contributed by atoms with Crippen molar-refractivity contribution < 1.29 is 37.0 Å². The maximum Gasteiger partial charge on any atom is 0.410 e. The van der Waals surface area contributed by atoms with E-state index in [0.29, 0.717) is 25.9 Å². The molecule has 156 valence electrons.